The highest BCUT2D eigenvalue weighted by Gasteiger charge is 2.33. The molecule has 1 aliphatic carbocycles. The van der Waals surface area contributed by atoms with Crippen LogP contribution in [0.15, 0.2) is 47.5 Å². The van der Waals surface area contributed by atoms with E-state index < -0.39 is 6.36 Å². The van der Waals surface area contributed by atoms with Crippen LogP contribution in [0.25, 0.3) is 17.2 Å². The number of aromatic nitrogens is 1. The number of nitrogens with one attached hydrogen (secondary N) is 1. The summed E-state index contributed by atoms with van der Waals surface area (Å²) in [6.07, 6.45) is -1.48. The maximum absolute atomic E-state index is 12.9. The smallest absolute Gasteiger partial charge is 0.502 e. The summed E-state index contributed by atoms with van der Waals surface area (Å²) in [5, 5.41) is 15.6. The zero-order valence-electron chi connectivity index (χ0n) is 20.1. The number of nitrogens with zero attached hydrogens (tertiary/aromatic N) is 1. The highest BCUT2D eigenvalue weighted by Crippen LogP contribution is 2.46. The van der Waals surface area contributed by atoms with Gasteiger partial charge in [-0.15, -0.1) is 24.5 Å². The van der Waals surface area contributed by atoms with E-state index in [2.05, 4.69) is 15.0 Å². The molecule has 11 heteroatoms. The van der Waals surface area contributed by atoms with Crippen LogP contribution >= 0.6 is 11.3 Å². The van der Waals surface area contributed by atoms with Crippen molar-refractivity contribution in [2.75, 3.05) is 14.2 Å². The van der Waals surface area contributed by atoms with Gasteiger partial charge in [0.25, 0.3) is 0 Å². The third-order valence-electron chi connectivity index (χ3n) is 5.77. The number of rotatable bonds is 8. The highest BCUT2D eigenvalue weighted by atomic mass is 32.1. The molecular weight excluding hydrogens is 509 g/mol. The number of hydrogen-bond acceptors (Lipinski definition) is 7. The number of thiazole rings is 1. The van der Waals surface area contributed by atoms with E-state index in [1.807, 2.05) is 0 Å². The lowest BCUT2D eigenvalue weighted by Gasteiger charge is -2.12. The van der Waals surface area contributed by atoms with Crippen molar-refractivity contribution >= 4 is 34.5 Å². The van der Waals surface area contributed by atoms with E-state index >= 15 is 0 Å². The number of carbonyl (C=O) groups excluding carboxylic acids is 1. The Balaban J connectivity index is 1.74. The molecule has 2 N–H and O–H groups in total. The Morgan fingerprint density at radius 1 is 1.14 bits per heavy atom. The highest BCUT2D eigenvalue weighted by molar-refractivity contribution is 7.09. The molecule has 4 rings (SSSR count). The van der Waals surface area contributed by atoms with Crippen molar-refractivity contribution in [3.05, 3.63) is 69.2 Å². The van der Waals surface area contributed by atoms with Crippen molar-refractivity contribution in [2.24, 2.45) is 0 Å². The number of alkyl halides is 3. The summed E-state index contributed by atoms with van der Waals surface area (Å²) < 4.78 is 53.3. The maximum atomic E-state index is 12.9. The monoisotopic (exact) mass is 532 g/mol. The summed E-state index contributed by atoms with van der Waals surface area (Å²) in [4.78, 5) is 16.9. The van der Waals surface area contributed by atoms with Crippen molar-refractivity contribution in [1.29, 1.82) is 0 Å². The number of fused-ring (bicyclic) bond motifs is 1. The zero-order chi connectivity index (χ0) is 26.7. The van der Waals surface area contributed by atoms with Gasteiger partial charge >= 0.3 is 6.36 Å². The largest absolute Gasteiger partial charge is 0.573 e. The van der Waals surface area contributed by atoms with Gasteiger partial charge in [-0.3, -0.25) is 4.79 Å². The molecule has 0 saturated heterocycles. The van der Waals surface area contributed by atoms with Crippen molar-refractivity contribution in [3.8, 4) is 23.0 Å². The van der Waals surface area contributed by atoms with Gasteiger partial charge in [0.1, 0.15) is 10.8 Å². The van der Waals surface area contributed by atoms with Crippen LogP contribution in [0.3, 0.4) is 0 Å². The van der Waals surface area contributed by atoms with E-state index in [1.54, 1.807) is 36.7 Å². The van der Waals surface area contributed by atoms with E-state index in [0.29, 0.717) is 27.8 Å². The fourth-order valence-corrected chi connectivity index (χ4v) is 4.64. The fourth-order valence-electron chi connectivity index (χ4n) is 4.09. The molecule has 2 aromatic carbocycles. The lowest BCUT2D eigenvalue weighted by atomic mass is 10.00. The quantitative estimate of drug-likeness (QED) is 0.381. The van der Waals surface area contributed by atoms with Gasteiger partial charge in [0.05, 0.1) is 27.2 Å². The van der Waals surface area contributed by atoms with Gasteiger partial charge in [-0.2, -0.15) is 0 Å². The van der Waals surface area contributed by atoms with Gasteiger partial charge in [0, 0.05) is 11.6 Å². The molecule has 1 aromatic heterocycles. The van der Waals surface area contributed by atoms with Crippen LogP contribution in [0.1, 0.15) is 35.0 Å². The first-order chi connectivity index (χ1) is 17.6. The predicted molar refractivity (Wildman–Crippen MR) is 133 cm³/mol. The number of phenols is 1. The van der Waals surface area contributed by atoms with E-state index in [1.165, 1.54) is 43.8 Å². The summed E-state index contributed by atoms with van der Waals surface area (Å²) in [6.45, 7) is 2.05. The summed E-state index contributed by atoms with van der Waals surface area (Å²) in [7, 11) is 2.82. The summed E-state index contributed by atoms with van der Waals surface area (Å²) in [5.74, 6) is -0.442. The lowest BCUT2D eigenvalue weighted by Crippen LogP contribution is -2.22. The molecule has 0 radical (unpaired) electrons. The second-order valence-corrected chi connectivity index (χ2v) is 9.05. The van der Waals surface area contributed by atoms with Crippen LogP contribution in [0.2, 0.25) is 0 Å². The third-order valence-corrected chi connectivity index (χ3v) is 6.55. The molecule has 37 heavy (non-hydrogen) atoms. The number of phenolic OH excluding ortho intramolecular Hbond substituents is 1. The third kappa shape index (κ3) is 5.88. The van der Waals surface area contributed by atoms with E-state index in [-0.39, 0.29) is 41.9 Å². The molecule has 0 bridgehead atoms. The zero-order valence-corrected chi connectivity index (χ0v) is 20.9. The number of ether oxygens (including phenoxy) is 3. The summed E-state index contributed by atoms with van der Waals surface area (Å²) in [6, 6.07) is 7.27. The molecule has 1 amide bonds. The van der Waals surface area contributed by atoms with E-state index in [9.17, 15) is 23.1 Å². The molecule has 0 fully saturated rings. The molecule has 0 atom stereocenters. The number of amides is 1. The Kier molecular flexibility index (Phi) is 7.44. The Morgan fingerprint density at radius 3 is 2.43 bits per heavy atom. The van der Waals surface area contributed by atoms with E-state index in [4.69, 9.17) is 9.47 Å². The van der Waals surface area contributed by atoms with Crippen LogP contribution in [0.4, 0.5) is 13.2 Å². The van der Waals surface area contributed by atoms with Gasteiger partial charge in [-0.05, 0) is 70.7 Å². The summed E-state index contributed by atoms with van der Waals surface area (Å²) >= 11 is 1.40. The minimum atomic E-state index is -4.85. The lowest BCUT2D eigenvalue weighted by molar-refractivity contribution is -0.274. The number of halogens is 3. The molecule has 0 saturated carbocycles. The number of benzene rings is 2. The first kappa shape index (κ1) is 26.1. The number of hydrogen-bond donors (Lipinski definition) is 2. The normalized spacial score (nSPS) is 14.1. The molecule has 1 heterocycles. The standard InChI is InChI=1S/C26H23F3N2O5S/c1-14-18(8-15-9-21(34-2)25(33)22(10-15)35-3)17-5-4-16(36-26(27,28)29)11-20(17)19(14)12-23(32)31-13-24-30-6-7-37-24/h4-11,33H,12-13H2,1-3H3,(H,31,32)/b18-8-. The van der Waals surface area contributed by atoms with Crippen molar-refractivity contribution in [3.63, 3.8) is 0 Å². The molecular formula is C26H23F3N2O5S. The molecule has 0 aliphatic heterocycles. The SMILES string of the molecule is COc1cc(/C=C2/C(C)=C(CC(=O)NCc3nccs3)c3cc(OC(F)(F)F)ccc32)cc(OC)c1O. The van der Waals surface area contributed by atoms with Crippen molar-refractivity contribution in [2.45, 2.75) is 26.3 Å². The Morgan fingerprint density at radius 2 is 1.84 bits per heavy atom. The molecule has 0 unspecified atom stereocenters. The fraction of sp³-hybridized carbons (Fsp3) is 0.231. The van der Waals surface area contributed by atoms with E-state index in [0.717, 1.165) is 10.6 Å². The van der Waals surface area contributed by atoms with Gasteiger partial charge < -0.3 is 24.6 Å². The molecule has 7 nitrogen and oxygen atoms in total. The maximum Gasteiger partial charge on any atom is 0.573 e. The molecule has 0 spiro atoms. The molecule has 194 valence electrons. The minimum Gasteiger partial charge on any atom is -0.502 e. The topological polar surface area (TPSA) is 89.9 Å². The second kappa shape index (κ2) is 10.6. The number of aromatic hydroxyl groups is 1. The van der Waals surface area contributed by atoms with Gasteiger partial charge in [0.2, 0.25) is 11.7 Å². The Hall–Kier alpha value is -3.99. The summed E-state index contributed by atoms with van der Waals surface area (Å²) in [5.41, 5.74) is 3.72. The predicted octanol–water partition coefficient (Wildman–Crippen LogP) is 5.80. The van der Waals surface area contributed by atoms with Gasteiger partial charge in [0.15, 0.2) is 11.5 Å². The Bertz CT molecular complexity index is 1360. The Labute approximate surface area is 214 Å². The second-order valence-electron chi connectivity index (χ2n) is 8.07. The molecule has 1 aliphatic rings. The van der Waals surface area contributed by atoms with Crippen LogP contribution in [-0.2, 0) is 11.3 Å². The number of allylic oxidation sites excluding steroid dienone is 2. The van der Waals surface area contributed by atoms with Crippen LogP contribution < -0.4 is 19.5 Å². The first-order valence-corrected chi connectivity index (χ1v) is 11.9. The number of methoxy groups -OCH3 is 2. The van der Waals surface area contributed by atoms with Gasteiger partial charge in [-0.25, -0.2) is 4.98 Å². The average molecular weight is 533 g/mol. The van der Waals surface area contributed by atoms with Crippen LogP contribution in [0.5, 0.6) is 23.0 Å². The minimum absolute atomic E-state index is 0.0563. The first-order valence-electron chi connectivity index (χ1n) is 11.0. The molecule has 3 aromatic rings. The van der Waals surface area contributed by atoms with Gasteiger partial charge in [-0.1, -0.05) is 6.07 Å². The van der Waals surface area contributed by atoms with Crippen molar-refractivity contribution in [1.82, 2.24) is 10.3 Å². The average Bonchev–Trinajstić information content (AvgIpc) is 3.45. The van der Waals surface area contributed by atoms with Crippen molar-refractivity contribution < 1.29 is 37.3 Å². The van der Waals surface area contributed by atoms with Crippen LogP contribution in [0, 0.1) is 0 Å². The van der Waals surface area contributed by atoms with Crippen LogP contribution in [-0.4, -0.2) is 36.6 Å². The number of carbonyl (C=O) groups is 1.